The van der Waals surface area contributed by atoms with Crippen molar-refractivity contribution < 1.29 is 29.9 Å². The highest BCUT2D eigenvalue weighted by atomic mass is 16.7. The minimum absolute atomic E-state index is 0.454. The highest BCUT2D eigenvalue weighted by Gasteiger charge is 2.44. The summed E-state index contributed by atoms with van der Waals surface area (Å²) in [5, 5.41) is 39.3. The van der Waals surface area contributed by atoms with Gasteiger partial charge in [0.2, 0.25) is 6.29 Å². The maximum absolute atomic E-state index is 9.94. The zero-order valence-corrected chi connectivity index (χ0v) is 11.1. The zero-order chi connectivity index (χ0) is 15.0. The Morgan fingerprint density at radius 3 is 2.62 bits per heavy atom. The number of aromatic nitrogens is 1. The lowest BCUT2D eigenvalue weighted by molar-refractivity contribution is -0.277. The maximum Gasteiger partial charge on any atom is 0.229 e. The lowest BCUT2D eigenvalue weighted by Gasteiger charge is -2.39. The third-order valence-electron chi connectivity index (χ3n) is 3.64. The van der Waals surface area contributed by atoms with Crippen molar-refractivity contribution in [1.29, 1.82) is 0 Å². The van der Waals surface area contributed by atoms with Crippen molar-refractivity contribution in [2.24, 2.45) is 0 Å². The van der Waals surface area contributed by atoms with Crippen LogP contribution in [-0.4, -0.2) is 62.7 Å². The van der Waals surface area contributed by atoms with E-state index in [9.17, 15) is 15.3 Å². The maximum atomic E-state index is 9.94. The van der Waals surface area contributed by atoms with Crippen LogP contribution in [0.5, 0.6) is 5.75 Å². The summed E-state index contributed by atoms with van der Waals surface area (Å²) in [6.07, 6.45) is -4.82. The van der Waals surface area contributed by atoms with Gasteiger partial charge in [-0.2, -0.15) is 0 Å². The number of benzene rings is 1. The first kappa shape index (κ1) is 14.3. The second-order valence-electron chi connectivity index (χ2n) is 5.01. The molecule has 0 amide bonds. The van der Waals surface area contributed by atoms with Crippen molar-refractivity contribution >= 4 is 10.9 Å². The summed E-state index contributed by atoms with van der Waals surface area (Å²) < 4.78 is 10.9. The Morgan fingerprint density at radius 2 is 1.86 bits per heavy atom. The predicted molar refractivity (Wildman–Crippen MR) is 72.7 cm³/mol. The molecule has 7 nitrogen and oxygen atoms in total. The smallest absolute Gasteiger partial charge is 0.229 e. The molecule has 5 N–H and O–H groups in total. The molecule has 2 aromatic rings. The van der Waals surface area contributed by atoms with Crippen LogP contribution >= 0.6 is 0 Å². The minimum Gasteiger partial charge on any atom is -0.460 e. The molecule has 1 aliphatic heterocycles. The average molecular weight is 295 g/mol. The fraction of sp³-hybridized carbons (Fsp3) is 0.429. The average Bonchev–Trinajstić information content (AvgIpc) is 2.91. The molecule has 0 unspecified atom stereocenters. The lowest BCUT2D eigenvalue weighted by atomic mass is 9.99. The molecular formula is C14H17NO6. The molecule has 7 heteroatoms. The van der Waals surface area contributed by atoms with E-state index >= 15 is 0 Å². The molecule has 2 heterocycles. The summed E-state index contributed by atoms with van der Waals surface area (Å²) in [4.78, 5) is 3.01. The second kappa shape index (κ2) is 5.63. The molecule has 1 fully saturated rings. The van der Waals surface area contributed by atoms with E-state index in [1.54, 1.807) is 6.20 Å². The lowest BCUT2D eigenvalue weighted by Crippen LogP contribution is -2.60. The quantitative estimate of drug-likeness (QED) is 0.514. The van der Waals surface area contributed by atoms with Crippen LogP contribution in [0.4, 0.5) is 0 Å². The number of aliphatic hydroxyl groups excluding tert-OH is 4. The Labute approximate surface area is 120 Å². The summed E-state index contributed by atoms with van der Waals surface area (Å²) in [5.74, 6) is 0.454. The van der Waals surface area contributed by atoms with Gasteiger partial charge in [-0.05, 0) is 12.1 Å². The number of H-pyrrole nitrogens is 1. The largest absolute Gasteiger partial charge is 0.460 e. The van der Waals surface area contributed by atoms with E-state index in [2.05, 4.69) is 4.98 Å². The van der Waals surface area contributed by atoms with Crippen LogP contribution in [0.1, 0.15) is 0 Å². The number of aliphatic hydroxyl groups is 4. The summed E-state index contributed by atoms with van der Waals surface area (Å²) in [6.45, 7) is -0.487. The van der Waals surface area contributed by atoms with Gasteiger partial charge in [-0.25, -0.2) is 0 Å². The molecule has 1 aromatic carbocycles. The van der Waals surface area contributed by atoms with E-state index in [1.165, 1.54) is 0 Å². The van der Waals surface area contributed by atoms with Gasteiger partial charge in [0.1, 0.15) is 30.2 Å². The van der Waals surface area contributed by atoms with E-state index in [4.69, 9.17) is 14.6 Å². The summed E-state index contributed by atoms with van der Waals surface area (Å²) in [5.41, 5.74) is 0.858. The molecule has 3 rings (SSSR count). The first-order valence-corrected chi connectivity index (χ1v) is 6.65. The molecular weight excluding hydrogens is 278 g/mol. The van der Waals surface area contributed by atoms with Gasteiger partial charge in [0.15, 0.2) is 0 Å². The minimum atomic E-state index is -1.45. The van der Waals surface area contributed by atoms with E-state index < -0.39 is 37.3 Å². The molecule has 0 bridgehead atoms. The van der Waals surface area contributed by atoms with Crippen LogP contribution in [0.3, 0.4) is 0 Å². The normalized spacial score (nSPS) is 33.2. The molecule has 0 aliphatic carbocycles. The van der Waals surface area contributed by atoms with Crippen LogP contribution in [0.25, 0.3) is 10.9 Å². The molecule has 21 heavy (non-hydrogen) atoms. The first-order valence-electron chi connectivity index (χ1n) is 6.65. The van der Waals surface area contributed by atoms with Crippen LogP contribution < -0.4 is 4.74 Å². The number of hydrogen-bond donors (Lipinski definition) is 5. The Hall–Kier alpha value is -1.64. The van der Waals surface area contributed by atoms with E-state index in [0.717, 1.165) is 10.9 Å². The molecule has 0 spiro atoms. The number of hydrogen-bond acceptors (Lipinski definition) is 6. The number of nitrogens with one attached hydrogen (secondary N) is 1. The van der Waals surface area contributed by atoms with Crippen LogP contribution in [0, 0.1) is 0 Å². The summed E-state index contributed by atoms with van der Waals surface area (Å²) in [7, 11) is 0. The second-order valence-corrected chi connectivity index (χ2v) is 5.01. The van der Waals surface area contributed by atoms with Gasteiger partial charge in [-0.15, -0.1) is 0 Å². The topological polar surface area (TPSA) is 115 Å². The van der Waals surface area contributed by atoms with Crippen LogP contribution in [0.15, 0.2) is 30.5 Å². The fourth-order valence-corrected chi connectivity index (χ4v) is 2.43. The van der Waals surface area contributed by atoms with Crippen molar-refractivity contribution in [2.75, 3.05) is 6.61 Å². The van der Waals surface area contributed by atoms with Crippen molar-refractivity contribution in [3.8, 4) is 5.75 Å². The molecule has 0 radical (unpaired) electrons. The van der Waals surface area contributed by atoms with E-state index in [-0.39, 0.29) is 0 Å². The van der Waals surface area contributed by atoms with Gasteiger partial charge in [-0.3, -0.25) is 0 Å². The number of fused-ring (bicyclic) bond motifs is 1. The third-order valence-corrected chi connectivity index (χ3v) is 3.64. The monoisotopic (exact) mass is 295 g/mol. The number of para-hydroxylation sites is 1. The zero-order valence-electron chi connectivity index (χ0n) is 11.1. The molecule has 0 saturated carbocycles. The number of ether oxygens (including phenoxy) is 2. The molecule has 5 atom stereocenters. The Kier molecular flexibility index (Phi) is 3.83. The van der Waals surface area contributed by atoms with Gasteiger partial charge in [0, 0.05) is 17.1 Å². The van der Waals surface area contributed by atoms with Crippen molar-refractivity contribution in [3.63, 3.8) is 0 Å². The Balaban J connectivity index is 1.83. The standard InChI is InChI=1S/C14H17NO6/c16-6-10-11(17)12(18)13(19)14(21-10)20-9-5-15-8-4-2-1-3-7(8)9/h1-5,10-19H,6H2/t10-,11+,12+,13-,14+/m1/s1. The predicted octanol–water partition coefficient (Wildman–Crippen LogP) is -0.653. The highest BCUT2D eigenvalue weighted by Crippen LogP contribution is 2.29. The first-order chi connectivity index (χ1) is 10.1. The van der Waals surface area contributed by atoms with Gasteiger partial charge >= 0.3 is 0 Å². The third kappa shape index (κ3) is 2.50. The van der Waals surface area contributed by atoms with E-state index in [1.807, 2.05) is 24.3 Å². The molecule has 1 aromatic heterocycles. The fourth-order valence-electron chi connectivity index (χ4n) is 2.43. The Morgan fingerprint density at radius 1 is 1.10 bits per heavy atom. The summed E-state index contributed by atoms with van der Waals surface area (Å²) in [6, 6.07) is 7.42. The van der Waals surface area contributed by atoms with Crippen molar-refractivity contribution in [1.82, 2.24) is 4.98 Å². The molecule has 1 saturated heterocycles. The van der Waals surface area contributed by atoms with Crippen LogP contribution in [0.2, 0.25) is 0 Å². The van der Waals surface area contributed by atoms with Gasteiger partial charge < -0.3 is 34.9 Å². The summed E-state index contributed by atoms with van der Waals surface area (Å²) >= 11 is 0. The molecule has 1 aliphatic rings. The van der Waals surface area contributed by atoms with Crippen molar-refractivity contribution in [2.45, 2.75) is 30.7 Å². The number of aromatic amines is 1. The molecule has 114 valence electrons. The highest BCUT2D eigenvalue weighted by molar-refractivity contribution is 5.85. The van der Waals surface area contributed by atoms with Gasteiger partial charge in [-0.1, -0.05) is 12.1 Å². The van der Waals surface area contributed by atoms with Gasteiger partial charge in [0.25, 0.3) is 0 Å². The van der Waals surface area contributed by atoms with E-state index in [0.29, 0.717) is 5.75 Å². The van der Waals surface area contributed by atoms with Gasteiger partial charge in [0.05, 0.1) is 6.61 Å². The number of rotatable bonds is 3. The SMILES string of the molecule is OC[C@H]1O[C@H](Oc2c[nH]c3ccccc23)[C@H](O)[C@@H](O)[C@H]1O. The Bertz CT molecular complexity index is 612. The van der Waals surface area contributed by atoms with Crippen LogP contribution in [-0.2, 0) is 4.74 Å². The van der Waals surface area contributed by atoms with Crippen molar-refractivity contribution in [3.05, 3.63) is 30.5 Å².